The van der Waals surface area contributed by atoms with Crippen LogP contribution in [0.3, 0.4) is 0 Å². The number of carbonyl (C=O) groups excluding carboxylic acids is 1. The van der Waals surface area contributed by atoms with Crippen LogP contribution in [0.1, 0.15) is 399 Å². The number of phosphoric acid groups is 1. The van der Waals surface area contributed by atoms with Crippen molar-refractivity contribution in [3.63, 3.8) is 0 Å². The fourth-order valence-corrected chi connectivity index (χ4v) is 12.5. The minimum Gasteiger partial charge on any atom is -0.387 e. The van der Waals surface area contributed by atoms with Crippen LogP contribution in [0.25, 0.3) is 0 Å². The third kappa shape index (κ3) is 68.5. The lowest BCUT2D eigenvalue weighted by atomic mass is 10.0. The van der Waals surface area contributed by atoms with Gasteiger partial charge in [-0.3, -0.25) is 13.8 Å². The molecule has 0 radical (unpaired) electrons. The summed E-state index contributed by atoms with van der Waals surface area (Å²) in [6.07, 6.45) is 87.8. The Bertz CT molecular complexity index is 1420. The molecule has 0 aliphatic rings. The van der Waals surface area contributed by atoms with Gasteiger partial charge in [0.05, 0.1) is 39.9 Å². The standard InChI is InChI=1S/C75H149N2O6P/c1-6-8-10-12-14-16-18-20-22-24-26-28-30-32-34-36-37-38-39-41-43-45-47-49-51-53-55-57-59-61-63-65-67-69-75(79)76-73(72-83-84(80,81)82-71-70-77(3,4)5)74(78)68-66-64-62-60-58-56-54-52-50-48-46-44-42-40-35-33-31-29-27-25-23-21-19-17-15-13-11-9-7-2/h24,26,66,68,73-74,78H,6-23,25,27-65,67,69-72H2,1-5H3,(H-,76,79,80,81)/p+1/b26-24-,68-66+. The summed E-state index contributed by atoms with van der Waals surface area (Å²) in [4.78, 5) is 23.5. The molecule has 0 bridgehead atoms. The molecule has 3 N–H and O–H groups in total. The number of aliphatic hydroxyl groups is 1. The van der Waals surface area contributed by atoms with Gasteiger partial charge in [-0.05, 0) is 44.9 Å². The number of amides is 1. The maximum atomic E-state index is 13.1. The highest BCUT2D eigenvalue weighted by molar-refractivity contribution is 7.47. The fourth-order valence-electron chi connectivity index (χ4n) is 11.8. The Morgan fingerprint density at radius 2 is 0.643 bits per heavy atom. The maximum absolute atomic E-state index is 13.1. The van der Waals surface area contributed by atoms with Gasteiger partial charge in [-0.25, -0.2) is 4.57 Å². The van der Waals surface area contributed by atoms with Crippen LogP contribution in [-0.4, -0.2) is 73.4 Å². The molecule has 0 aliphatic heterocycles. The van der Waals surface area contributed by atoms with E-state index < -0.39 is 20.0 Å². The average Bonchev–Trinajstić information content (AvgIpc) is 3.56. The average molecular weight is 1210 g/mol. The van der Waals surface area contributed by atoms with E-state index in [1.165, 1.54) is 347 Å². The highest BCUT2D eigenvalue weighted by Crippen LogP contribution is 2.43. The second kappa shape index (κ2) is 66.4. The number of hydrogen-bond acceptors (Lipinski definition) is 5. The first-order chi connectivity index (χ1) is 41.0. The monoisotopic (exact) mass is 1210 g/mol. The molecule has 0 fully saturated rings. The molecule has 0 aromatic rings. The number of hydrogen-bond donors (Lipinski definition) is 3. The van der Waals surface area contributed by atoms with Crippen LogP contribution in [0.2, 0.25) is 0 Å². The van der Waals surface area contributed by atoms with E-state index in [4.69, 9.17) is 9.05 Å². The lowest BCUT2D eigenvalue weighted by molar-refractivity contribution is -0.870. The Kier molecular flexibility index (Phi) is 65.6. The van der Waals surface area contributed by atoms with Gasteiger partial charge >= 0.3 is 7.82 Å². The molecule has 0 saturated heterocycles. The summed E-state index contributed by atoms with van der Waals surface area (Å²) in [7, 11) is 1.59. The number of aliphatic hydroxyl groups excluding tert-OH is 1. The minimum atomic E-state index is -4.35. The van der Waals surface area contributed by atoms with Crippen LogP contribution in [0, 0.1) is 0 Å². The molecular weight excluding hydrogens is 1060 g/mol. The number of likely N-dealkylation sites (N-methyl/N-ethyl adjacent to an activating group) is 1. The van der Waals surface area contributed by atoms with Gasteiger partial charge in [0.25, 0.3) is 0 Å². The van der Waals surface area contributed by atoms with Gasteiger partial charge in [0.2, 0.25) is 5.91 Å². The predicted molar refractivity (Wildman–Crippen MR) is 369 cm³/mol. The molecule has 0 rings (SSSR count). The number of rotatable bonds is 71. The normalized spacial score (nSPS) is 13.7. The molecular formula is C75H150N2O6P+. The quantitative estimate of drug-likeness (QED) is 0.0243. The van der Waals surface area contributed by atoms with E-state index in [0.717, 1.165) is 32.1 Å². The molecule has 1 amide bonds. The van der Waals surface area contributed by atoms with E-state index in [0.29, 0.717) is 17.4 Å². The molecule has 0 aromatic carbocycles. The van der Waals surface area contributed by atoms with Crippen LogP contribution >= 0.6 is 7.82 Å². The van der Waals surface area contributed by atoms with Crippen molar-refractivity contribution in [3.8, 4) is 0 Å². The number of nitrogens with zero attached hydrogens (tertiary/aromatic N) is 1. The minimum absolute atomic E-state index is 0.0647. The summed E-state index contributed by atoms with van der Waals surface area (Å²) in [6, 6.07) is -0.846. The fraction of sp³-hybridized carbons (Fsp3) is 0.933. The van der Waals surface area contributed by atoms with Gasteiger partial charge in [0.15, 0.2) is 0 Å². The van der Waals surface area contributed by atoms with Crippen molar-refractivity contribution in [1.82, 2.24) is 5.32 Å². The number of nitrogens with one attached hydrogen (secondary N) is 1. The zero-order valence-corrected chi connectivity index (χ0v) is 58.3. The molecule has 0 aromatic heterocycles. The Labute approximate surface area is 525 Å². The Hall–Kier alpha value is -1.02. The second-order valence-electron chi connectivity index (χ2n) is 27.4. The molecule has 84 heavy (non-hydrogen) atoms. The van der Waals surface area contributed by atoms with E-state index in [2.05, 4.69) is 31.3 Å². The summed E-state index contributed by atoms with van der Waals surface area (Å²) >= 11 is 0. The van der Waals surface area contributed by atoms with Gasteiger partial charge in [-0.2, -0.15) is 0 Å². The number of carbonyl (C=O) groups is 1. The maximum Gasteiger partial charge on any atom is 0.472 e. The molecule has 0 heterocycles. The van der Waals surface area contributed by atoms with Crippen molar-refractivity contribution < 1.29 is 32.9 Å². The molecule has 3 atom stereocenters. The van der Waals surface area contributed by atoms with Crippen LogP contribution in [-0.2, 0) is 18.4 Å². The molecule has 500 valence electrons. The number of unbranched alkanes of at least 4 members (excludes halogenated alkanes) is 56. The third-order valence-electron chi connectivity index (χ3n) is 17.7. The van der Waals surface area contributed by atoms with E-state index in [1.807, 2.05) is 27.2 Å². The van der Waals surface area contributed by atoms with Crippen LogP contribution in [0.15, 0.2) is 24.3 Å². The zero-order valence-electron chi connectivity index (χ0n) is 57.4. The highest BCUT2D eigenvalue weighted by Gasteiger charge is 2.28. The van der Waals surface area contributed by atoms with Crippen LogP contribution in [0.5, 0.6) is 0 Å². The molecule has 3 unspecified atom stereocenters. The Balaban J connectivity index is 3.98. The van der Waals surface area contributed by atoms with E-state index in [1.54, 1.807) is 6.08 Å². The number of quaternary nitrogens is 1. The highest BCUT2D eigenvalue weighted by atomic mass is 31.2. The van der Waals surface area contributed by atoms with Gasteiger partial charge < -0.3 is 19.8 Å². The first-order valence-corrected chi connectivity index (χ1v) is 39.2. The largest absolute Gasteiger partial charge is 0.472 e. The van der Waals surface area contributed by atoms with E-state index >= 15 is 0 Å². The summed E-state index contributed by atoms with van der Waals surface area (Å²) in [6.45, 7) is 4.89. The molecule has 8 nitrogen and oxygen atoms in total. The van der Waals surface area contributed by atoms with Gasteiger partial charge in [-0.1, -0.05) is 372 Å². The van der Waals surface area contributed by atoms with Crippen molar-refractivity contribution >= 4 is 13.7 Å². The molecule has 0 saturated carbocycles. The Morgan fingerprint density at radius 1 is 0.393 bits per heavy atom. The van der Waals surface area contributed by atoms with Crippen molar-refractivity contribution in [2.45, 2.75) is 411 Å². The van der Waals surface area contributed by atoms with Crippen LogP contribution in [0.4, 0.5) is 0 Å². The van der Waals surface area contributed by atoms with Gasteiger partial charge in [0.1, 0.15) is 13.2 Å². The van der Waals surface area contributed by atoms with Gasteiger partial charge in [-0.15, -0.1) is 0 Å². The SMILES string of the molecule is CCCCCCCCCC/C=C\CCCCCCCCCCCCCCCCCCCCCCCC(=O)NC(COP(=O)(O)OCC[N+](C)(C)C)C(O)/C=C/CCCCCCCCCCCCCCCCCCCCCCCCCCCCC. The topological polar surface area (TPSA) is 105 Å². The first-order valence-electron chi connectivity index (χ1n) is 37.7. The van der Waals surface area contributed by atoms with Crippen molar-refractivity contribution in [2.24, 2.45) is 0 Å². The summed E-state index contributed by atoms with van der Waals surface area (Å²) in [5, 5.41) is 14.0. The zero-order chi connectivity index (χ0) is 61.2. The predicted octanol–water partition coefficient (Wildman–Crippen LogP) is 24.2. The summed E-state index contributed by atoms with van der Waals surface area (Å²) in [5.74, 6) is -0.167. The molecule has 0 spiro atoms. The summed E-state index contributed by atoms with van der Waals surface area (Å²) < 4.78 is 23.9. The molecule has 9 heteroatoms. The van der Waals surface area contributed by atoms with Crippen molar-refractivity contribution in [3.05, 3.63) is 24.3 Å². The van der Waals surface area contributed by atoms with E-state index in [-0.39, 0.29) is 19.1 Å². The van der Waals surface area contributed by atoms with Crippen molar-refractivity contribution in [2.75, 3.05) is 40.9 Å². The smallest absolute Gasteiger partial charge is 0.387 e. The first kappa shape index (κ1) is 83.0. The number of phosphoric ester groups is 1. The summed E-state index contributed by atoms with van der Waals surface area (Å²) in [5.41, 5.74) is 0. The second-order valence-corrected chi connectivity index (χ2v) is 28.8. The van der Waals surface area contributed by atoms with Gasteiger partial charge in [0, 0.05) is 6.42 Å². The Morgan fingerprint density at radius 3 is 0.917 bits per heavy atom. The third-order valence-corrected chi connectivity index (χ3v) is 18.6. The van der Waals surface area contributed by atoms with E-state index in [9.17, 15) is 19.4 Å². The van der Waals surface area contributed by atoms with Crippen LogP contribution < -0.4 is 5.32 Å². The lowest BCUT2D eigenvalue weighted by Gasteiger charge is -2.25. The number of allylic oxidation sites excluding steroid dienone is 3. The molecule has 0 aliphatic carbocycles. The van der Waals surface area contributed by atoms with Crippen molar-refractivity contribution in [1.29, 1.82) is 0 Å². The lowest BCUT2D eigenvalue weighted by Crippen LogP contribution is -2.45.